The van der Waals surface area contributed by atoms with Crippen LogP contribution in [0.25, 0.3) is 0 Å². The quantitative estimate of drug-likeness (QED) is 0.816. The van der Waals surface area contributed by atoms with Gasteiger partial charge in [-0.15, -0.1) is 0 Å². The molecule has 5 atom stereocenters. The molecule has 1 aromatic rings. The van der Waals surface area contributed by atoms with Gasteiger partial charge in [0.15, 0.2) is 5.78 Å². The zero-order valence-electron chi connectivity index (χ0n) is 14.3. The number of Topliss-reactive ketones (excluding diaryl/α,β-unsaturated/α-hetero) is 1. The Morgan fingerprint density at radius 1 is 1.35 bits per heavy atom. The summed E-state index contributed by atoms with van der Waals surface area (Å²) in [5.41, 5.74) is 3.33. The average Bonchev–Trinajstić information content (AvgIpc) is 3.25. The molecule has 1 heterocycles. The van der Waals surface area contributed by atoms with Gasteiger partial charge in [-0.05, 0) is 81.0 Å². The Morgan fingerprint density at radius 3 is 2.96 bits per heavy atom. The highest BCUT2D eigenvalue weighted by molar-refractivity contribution is 5.98. The summed E-state index contributed by atoms with van der Waals surface area (Å²) in [5.74, 6) is 2.88. The van der Waals surface area contributed by atoms with E-state index in [0.717, 1.165) is 29.7 Å². The summed E-state index contributed by atoms with van der Waals surface area (Å²) in [6.07, 6.45) is 6.67. The van der Waals surface area contributed by atoms with Crippen molar-refractivity contribution in [2.24, 2.45) is 17.8 Å². The largest absolute Gasteiger partial charge is 0.382 e. The van der Waals surface area contributed by atoms with Crippen LogP contribution in [0.15, 0.2) is 18.2 Å². The van der Waals surface area contributed by atoms with Crippen molar-refractivity contribution in [3.63, 3.8) is 0 Å². The fraction of sp³-hybridized carbons (Fsp3) is 0.650. The third-order valence-electron chi connectivity index (χ3n) is 6.37. The van der Waals surface area contributed by atoms with E-state index in [1.807, 2.05) is 6.07 Å². The van der Waals surface area contributed by atoms with Crippen LogP contribution in [-0.4, -0.2) is 24.4 Å². The number of benzene rings is 1. The molecule has 3 aliphatic rings. The SMILES string of the molecule is CC1Cc2cc(C(=O)CNC(C)C3CC4CCC3C4)ccc2N1. The third-order valence-corrected chi connectivity index (χ3v) is 6.37. The van der Waals surface area contributed by atoms with Gasteiger partial charge in [0.1, 0.15) is 0 Å². The Labute approximate surface area is 139 Å². The molecule has 2 bridgehead atoms. The van der Waals surface area contributed by atoms with Crippen LogP contribution in [-0.2, 0) is 6.42 Å². The van der Waals surface area contributed by atoms with Crippen molar-refractivity contribution in [1.29, 1.82) is 0 Å². The zero-order valence-corrected chi connectivity index (χ0v) is 14.3. The summed E-state index contributed by atoms with van der Waals surface area (Å²) in [5, 5.41) is 6.96. The number of carbonyl (C=O) groups is 1. The first kappa shape index (κ1) is 15.2. The second-order valence-electron chi connectivity index (χ2n) is 8.05. The predicted molar refractivity (Wildman–Crippen MR) is 94.0 cm³/mol. The van der Waals surface area contributed by atoms with Crippen LogP contribution in [0.4, 0.5) is 5.69 Å². The standard InChI is InChI=1S/C20H28N2O/c1-12-7-17-10-16(5-6-19(17)22-12)20(23)11-21-13(2)18-9-14-3-4-15(18)8-14/h5-6,10,12-15,18,21-22H,3-4,7-9,11H2,1-2H3. The van der Waals surface area contributed by atoms with Crippen molar-refractivity contribution in [3.05, 3.63) is 29.3 Å². The molecule has 3 heteroatoms. The highest BCUT2D eigenvalue weighted by atomic mass is 16.1. The maximum Gasteiger partial charge on any atom is 0.176 e. The molecule has 23 heavy (non-hydrogen) atoms. The first-order valence-corrected chi connectivity index (χ1v) is 9.26. The number of anilines is 1. The molecular weight excluding hydrogens is 284 g/mol. The molecular formula is C20H28N2O. The van der Waals surface area contributed by atoms with Crippen LogP contribution in [0.3, 0.4) is 0 Å². The minimum Gasteiger partial charge on any atom is -0.382 e. The maximum atomic E-state index is 12.5. The molecule has 0 saturated heterocycles. The van der Waals surface area contributed by atoms with Gasteiger partial charge in [-0.1, -0.05) is 6.42 Å². The number of hydrogen-bond donors (Lipinski definition) is 2. The van der Waals surface area contributed by atoms with E-state index in [1.54, 1.807) is 0 Å². The lowest BCUT2D eigenvalue weighted by Gasteiger charge is -2.28. The summed E-state index contributed by atoms with van der Waals surface area (Å²) in [7, 11) is 0. The van der Waals surface area contributed by atoms with Crippen molar-refractivity contribution in [3.8, 4) is 0 Å². The Kier molecular flexibility index (Phi) is 3.92. The molecule has 2 saturated carbocycles. The Morgan fingerprint density at radius 2 is 2.22 bits per heavy atom. The number of fused-ring (bicyclic) bond motifs is 3. The summed E-state index contributed by atoms with van der Waals surface area (Å²) >= 11 is 0. The molecule has 0 amide bonds. The van der Waals surface area contributed by atoms with Crippen LogP contribution in [0.2, 0.25) is 0 Å². The topological polar surface area (TPSA) is 41.1 Å². The molecule has 4 rings (SSSR count). The van der Waals surface area contributed by atoms with Gasteiger partial charge >= 0.3 is 0 Å². The number of nitrogens with one attached hydrogen (secondary N) is 2. The molecule has 5 unspecified atom stereocenters. The van der Waals surface area contributed by atoms with E-state index < -0.39 is 0 Å². The zero-order chi connectivity index (χ0) is 16.0. The van der Waals surface area contributed by atoms with E-state index in [1.165, 1.54) is 36.9 Å². The number of carbonyl (C=O) groups excluding carboxylic acids is 1. The van der Waals surface area contributed by atoms with Crippen LogP contribution in [0.1, 0.15) is 55.5 Å². The maximum absolute atomic E-state index is 12.5. The highest BCUT2D eigenvalue weighted by Gasteiger charge is 2.41. The third kappa shape index (κ3) is 2.91. The summed E-state index contributed by atoms with van der Waals surface area (Å²) in [6, 6.07) is 7.05. The van der Waals surface area contributed by atoms with E-state index in [0.29, 0.717) is 18.6 Å². The van der Waals surface area contributed by atoms with Gasteiger partial charge < -0.3 is 10.6 Å². The van der Waals surface area contributed by atoms with Crippen LogP contribution >= 0.6 is 0 Å². The summed E-state index contributed by atoms with van der Waals surface area (Å²) in [4.78, 5) is 12.5. The number of rotatable bonds is 5. The lowest BCUT2D eigenvalue weighted by molar-refractivity contribution is 0.0981. The Hall–Kier alpha value is -1.35. The van der Waals surface area contributed by atoms with Crippen molar-refractivity contribution in [1.82, 2.24) is 5.32 Å². The van der Waals surface area contributed by atoms with Crippen LogP contribution in [0.5, 0.6) is 0 Å². The van der Waals surface area contributed by atoms with Crippen LogP contribution < -0.4 is 10.6 Å². The first-order valence-electron chi connectivity index (χ1n) is 9.26. The van der Waals surface area contributed by atoms with Gasteiger partial charge in [0, 0.05) is 23.3 Å². The monoisotopic (exact) mass is 312 g/mol. The van der Waals surface area contributed by atoms with Gasteiger partial charge in [-0.25, -0.2) is 0 Å². The second-order valence-corrected chi connectivity index (χ2v) is 8.05. The Bertz CT molecular complexity index is 612. The predicted octanol–water partition coefficient (Wildman–Crippen LogP) is 3.64. The van der Waals surface area contributed by atoms with Crippen molar-refractivity contribution < 1.29 is 4.79 Å². The van der Waals surface area contributed by atoms with E-state index in [9.17, 15) is 4.79 Å². The molecule has 3 nitrogen and oxygen atoms in total. The van der Waals surface area contributed by atoms with Gasteiger partial charge in [-0.3, -0.25) is 4.79 Å². The van der Waals surface area contributed by atoms with E-state index in [2.05, 4.69) is 36.6 Å². The summed E-state index contributed by atoms with van der Waals surface area (Å²) < 4.78 is 0. The minimum absolute atomic E-state index is 0.224. The molecule has 0 aromatic heterocycles. The van der Waals surface area contributed by atoms with E-state index >= 15 is 0 Å². The lowest BCUT2D eigenvalue weighted by Crippen LogP contribution is -2.39. The fourth-order valence-electron chi connectivity index (χ4n) is 5.14. The van der Waals surface area contributed by atoms with Gasteiger partial charge in [0.05, 0.1) is 6.54 Å². The fourth-order valence-corrected chi connectivity index (χ4v) is 5.14. The van der Waals surface area contributed by atoms with Crippen molar-refractivity contribution in [2.75, 3.05) is 11.9 Å². The van der Waals surface area contributed by atoms with Crippen molar-refractivity contribution in [2.45, 2.75) is 58.0 Å². The first-order chi connectivity index (χ1) is 11.1. The molecule has 1 aliphatic heterocycles. The minimum atomic E-state index is 0.224. The second kappa shape index (κ2) is 5.94. The highest BCUT2D eigenvalue weighted by Crippen LogP contribution is 2.49. The molecule has 0 radical (unpaired) electrons. The number of hydrogen-bond acceptors (Lipinski definition) is 3. The normalized spacial score (nSPS) is 32.6. The molecule has 2 N–H and O–H groups in total. The molecule has 2 fully saturated rings. The van der Waals surface area contributed by atoms with E-state index in [4.69, 9.17) is 0 Å². The van der Waals surface area contributed by atoms with E-state index in [-0.39, 0.29) is 5.78 Å². The smallest absolute Gasteiger partial charge is 0.176 e. The average molecular weight is 312 g/mol. The molecule has 1 aromatic carbocycles. The summed E-state index contributed by atoms with van der Waals surface area (Å²) in [6.45, 7) is 4.92. The van der Waals surface area contributed by atoms with Crippen molar-refractivity contribution >= 4 is 11.5 Å². The molecule has 0 spiro atoms. The van der Waals surface area contributed by atoms with Gasteiger partial charge in [0.2, 0.25) is 0 Å². The van der Waals surface area contributed by atoms with Gasteiger partial charge in [-0.2, -0.15) is 0 Å². The molecule has 2 aliphatic carbocycles. The van der Waals surface area contributed by atoms with Gasteiger partial charge in [0.25, 0.3) is 0 Å². The Balaban J connectivity index is 1.34. The van der Waals surface area contributed by atoms with Crippen LogP contribution in [0, 0.1) is 17.8 Å². The number of ketones is 1. The molecule has 124 valence electrons. The lowest BCUT2D eigenvalue weighted by atomic mass is 9.84.